The molecule has 2 aromatic rings. The molecule has 1 heterocycles. The van der Waals surface area contributed by atoms with Gasteiger partial charge in [0.2, 0.25) is 5.91 Å². The number of amides is 2. The zero-order valence-electron chi connectivity index (χ0n) is 14.6. The Hall–Kier alpha value is -1.01. The van der Waals surface area contributed by atoms with E-state index < -0.39 is 0 Å². The Bertz CT molecular complexity index is 894. The Morgan fingerprint density at radius 2 is 1.85 bits per heavy atom. The van der Waals surface area contributed by atoms with E-state index >= 15 is 0 Å². The first-order chi connectivity index (χ1) is 12.7. The number of aromatic hydroxyl groups is 1. The van der Waals surface area contributed by atoms with Crippen LogP contribution < -0.4 is 10.1 Å². The zero-order valence-corrected chi connectivity index (χ0v) is 19.7. The van der Waals surface area contributed by atoms with E-state index in [4.69, 9.17) is 4.74 Å². The molecule has 142 valence electrons. The quantitative estimate of drug-likeness (QED) is 0.444. The summed E-state index contributed by atoms with van der Waals surface area (Å²) in [6.07, 6.45) is 0.491. The first kappa shape index (κ1) is 20.7. The molecular weight excluding hydrogens is 592 g/mol. The second kappa shape index (κ2) is 8.56. The molecule has 1 atom stereocenters. The standard InChI is InChI=1S/C19H17I2NO4S/c1-9(2)12-8-11(3-4-15(12)23)26-17-13(20)5-10(6-14(17)21)7-16-18(24)22-19(25)27-16/h3-6,8-9,16,23H,7H2,1-2H3,(H,22,24,25). The number of phenolic OH excluding ortho intramolecular Hbond substituents is 1. The molecule has 1 fully saturated rings. The number of carbonyl (C=O) groups excluding carboxylic acids is 2. The minimum absolute atomic E-state index is 0.187. The Balaban J connectivity index is 1.82. The van der Waals surface area contributed by atoms with Crippen molar-refractivity contribution in [1.29, 1.82) is 0 Å². The van der Waals surface area contributed by atoms with E-state index in [9.17, 15) is 14.7 Å². The lowest BCUT2D eigenvalue weighted by molar-refractivity contribution is -0.118. The number of hydrogen-bond donors (Lipinski definition) is 2. The molecule has 1 aliphatic rings. The molecule has 0 spiro atoms. The first-order valence-corrected chi connectivity index (χ1v) is 11.3. The number of phenols is 1. The fraction of sp³-hybridized carbons (Fsp3) is 0.263. The number of carbonyl (C=O) groups is 2. The highest BCUT2D eigenvalue weighted by molar-refractivity contribution is 14.1. The van der Waals surface area contributed by atoms with Crippen LogP contribution >= 0.6 is 56.9 Å². The molecule has 2 N–H and O–H groups in total. The zero-order chi connectivity index (χ0) is 19.7. The third-order valence-electron chi connectivity index (χ3n) is 4.09. The van der Waals surface area contributed by atoms with Crippen molar-refractivity contribution in [3.8, 4) is 17.2 Å². The van der Waals surface area contributed by atoms with Crippen LogP contribution in [-0.2, 0) is 11.2 Å². The van der Waals surface area contributed by atoms with E-state index in [1.807, 2.05) is 32.0 Å². The van der Waals surface area contributed by atoms with E-state index in [-0.39, 0.29) is 28.1 Å². The van der Waals surface area contributed by atoms with Gasteiger partial charge in [-0.3, -0.25) is 14.9 Å². The van der Waals surface area contributed by atoms with Gasteiger partial charge in [0, 0.05) is 5.56 Å². The van der Waals surface area contributed by atoms with Crippen molar-refractivity contribution in [3.63, 3.8) is 0 Å². The van der Waals surface area contributed by atoms with Crippen LogP contribution in [0.4, 0.5) is 4.79 Å². The van der Waals surface area contributed by atoms with Gasteiger partial charge in [0.1, 0.15) is 11.5 Å². The lowest BCUT2D eigenvalue weighted by Crippen LogP contribution is -2.25. The van der Waals surface area contributed by atoms with E-state index in [1.54, 1.807) is 12.1 Å². The van der Waals surface area contributed by atoms with Gasteiger partial charge in [-0.2, -0.15) is 0 Å². The normalized spacial score (nSPS) is 16.7. The summed E-state index contributed by atoms with van der Waals surface area (Å²) in [7, 11) is 0. The number of rotatable bonds is 5. The summed E-state index contributed by atoms with van der Waals surface area (Å²) >= 11 is 5.45. The molecule has 0 aromatic heterocycles. The molecule has 0 saturated carbocycles. The van der Waals surface area contributed by atoms with Crippen LogP contribution in [0.5, 0.6) is 17.2 Å². The smallest absolute Gasteiger partial charge is 0.286 e. The van der Waals surface area contributed by atoms with Crippen molar-refractivity contribution < 1.29 is 19.4 Å². The van der Waals surface area contributed by atoms with Crippen molar-refractivity contribution >= 4 is 68.1 Å². The average molecular weight is 609 g/mol. The van der Waals surface area contributed by atoms with Crippen LogP contribution in [-0.4, -0.2) is 21.5 Å². The van der Waals surface area contributed by atoms with Crippen molar-refractivity contribution in [2.45, 2.75) is 31.4 Å². The maximum atomic E-state index is 11.8. The van der Waals surface area contributed by atoms with E-state index in [0.29, 0.717) is 12.2 Å². The maximum absolute atomic E-state index is 11.8. The van der Waals surface area contributed by atoms with E-state index in [2.05, 4.69) is 50.5 Å². The van der Waals surface area contributed by atoms with Gasteiger partial charge >= 0.3 is 0 Å². The highest BCUT2D eigenvalue weighted by atomic mass is 127. The van der Waals surface area contributed by atoms with Crippen LogP contribution in [0.1, 0.15) is 30.9 Å². The second-order valence-electron chi connectivity index (χ2n) is 6.45. The van der Waals surface area contributed by atoms with Gasteiger partial charge in [-0.05, 0) is 93.4 Å². The maximum Gasteiger partial charge on any atom is 0.286 e. The Labute approximate surface area is 188 Å². The summed E-state index contributed by atoms with van der Waals surface area (Å²) in [5.41, 5.74) is 1.81. The molecule has 0 aliphatic carbocycles. The van der Waals surface area contributed by atoms with E-state index in [0.717, 1.165) is 35.8 Å². The molecule has 2 amide bonds. The van der Waals surface area contributed by atoms with E-state index in [1.165, 1.54) is 0 Å². The first-order valence-electron chi connectivity index (χ1n) is 8.24. The van der Waals surface area contributed by atoms with Gasteiger partial charge in [-0.1, -0.05) is 25.6 Å². The summed E-state index contributed by atoms with van der Waals surface area (Å²) in [4.78, 5) is 23.1. The van der Waals surface area contributed by atoms with Crippen LogP contribution in [0.2, 0.25) is 0 Å². The Morgan fingerprint density at radius 1 is 1.19 bits per heavy atom. The van der Waals surface area contributed by atoms with Gasteiger partial charge in [0.15, 0.2) is 5.75 Å². The van der Waals surface area contributed by atoms with Crippen molar-refractivity contribution in [2.24, 2.45) is 0 Å². The van der Waals surface area contributed by atoms with Gasteiger partial charge in [-0.15, -0.1) is 0 Å². The molecule has 0 bridgehead atoms. The van der Waals surface area contributed by atoms with Crippen molar-refractivity contribution in [3.05, 3.63) is 48.6 Å². The summed E-state index contributed by atoms with van der Waals surface area (Å²) in [5.74, 6) is 1.61. The third-order valence-corrected chi connectivity index (χ3v) is 6.67. The fourth-order valence-corrected chi connectivity index (χ4v) is 5.72. The fourth-order valence-electron chi connectivity index (χ4n) is 2.75. The molecule has 2 aromatic carbocycles. The number of nitrogens with one attached hydrogen (secondary N) is 1. The molecule has 3 rings (SSSR count). The second-order valence-corrected chi connectivity index (χ2v) is 9.95. The van der Waals surface area contributed by atoms with Gasteiger partial charge in [0.25, 0.3) is 5.24 Å². The number of imide groups is 1. The van der Waals surface area contributed by atoms with Crippen molar-refractivity contribution in [1.82, 2.24) is 5.32 Å². The average Bonchev–Trinajstić information content (AvgIpc) is 2.89. The predicted molar refractivity (Wildman–Crippen MR) is 123 cm³/mol. The van der Waals surface area contributed by atoms with Crippen LogP contribution in [0.15, 0.2) is 30.3 Å². The molecular formula is C19H17I2NO4S. The molecule has 27 heavy (non-hydrogen) atoms. The summed E-state index contributed by atoms with van der Waals surface area (Å²) in [6.45, 7) is 4.03. The van der Waals surface area contributed by atoms with Crippen molar-refractivity contribution in [2.75, 3.05) is 0 Å². The molecule has 1 unspecified atom stereocenters. The Morgan fingerprint density at radius 3 is 2.41 bits per heavy atom. The topological polar surface area (TPSA) is 75.6 Å². The number of halogens is 2. The summed E-state index contributed by atoms with van der Waals surface area (Å²) in [6, 6.07) is 9.18. The van der Waals surface area contributed by atoms with Gasteiger partial charge in [-0.25, -0.2) is 0 Å². The SMILES string of the molecule is CC(C)c1cc(Oc2c(I)cc(CC3SC(=O)NC3=O)cc2I)ccc1O. The monoisotopic (exact) mass is 609 g/mol. The van der Waals surface area contributed by atoms with Gasteiger partial charge in [0.05, 0.1) is 12.4 Å². The Kier molecular flexibility index (Phi) is 6.57. The lowest BCUT2D eigenvalue weighted by atomic mass is 10.0. The predicted octanol–water partition coefficient (Wildman–Crippen LogP) is 5.41. The van der Waals surface area contributed by atoms with Crippen LogP contribution in [0, 0.1) is 7.14 Å². The third kappa shape index (κ3) is 4.89. The van der Waals surface area contributed by atoms with Crippen LogP contribution in [0.3, 0.4) is 0 Å². The summed E-state index contributed by atoms with van der Waals surface area (Å²) in [5, 5.41) is 11.6. The number of thioether (sulfide) groups is 1. The minimum Gasteiger partial charge on any atom is -0.508 e. The largest absolute Gasteiger partial charge is 0.508 e. The molecule has 0 radical (unpaired) electrons. The summed E-state index contributed by atoms with van der Waals surface area (Å²) < 4.78 is 7.92. The lowest BCUT2D eigenvalue weighted by Gasteiger charge is -2.15. The highest BCUT2D eigenvalue weighted by Gasteiger charge is 2.31. The molecule has 5 nitrogen and oxygen atoms in total. The molecule has 8 heteroatoms. The number of hydrogen-bond acceptors (Lipinski definition) is 5. The van der Waals surface area contributed by atoms with Crippen LogP contribution in [0.25, 0.3) is 0 Å². The highest BCUT2D eigenvalue weighted by Crippen LogP contribution is 2.36. The molecule has 1 saturated heterocycles. The number of ether oxygens (including phenoxy) is 1. The minimum atomic E-state index is -0.387. The molecule has 1 aliphatic heterocycles. The van der Waals surface area contributed by atoms with Gasteiger partial charge < -0.3 is 9.84 Å². The number of benzene rings is 2.